The molecular weight excluding hydrogens is 278 g/mol. The Labute approximate surface area is 132 Å². The largest absolute Gasteiger partial charge is 0.497 e. The molecule has 1 aromatic carbocycles. The number of rotatable bonds is 7. The first-order valence-electron chi connectivity index (χ1n) is 7.57. The summed E-state index contributed by atoms with van der Waals surface area (Å²) in [5.41, 5.74) is 1.33. The van der Waals surface area contributed by atoms with E-state index in [1.165, 1.54) is 15.3 Å². The second-order valence-corrected chi connectivity index (χ2v) is 6.89. The highest BCUT2D eigenvalue weighted by Gasteiger charge is 2.13. The summed E-state index contributed by atoms with van der Waals surface area (Å²) in [6, 6.07) is 13.7. The van der Waals surface area contributed by atoms with Gasteiger partial charge in [0.15, 0.2) is 0 Å². The van der Waals surface area contributed by atoms with Gasteiger partial charge in [-0.15, -0.1) is 11.3 Å². The van der Waals surface area contributed by atoms with E-state index in [0.29, 0.717) is 12.1 Å². The van der Waals surface area contributed by atoms with Gasteiger partial charge in [0.2, 0.25) is 0 Å². The molecule has 0 bridgehead atoms. The molecule has 1 N–H and O–H groups in total. The number of hydrogen-bond acceptors (Lipinski definition) is 3. The van der Waals surface area contributed by atoms with Crippen molar-refractivity contribution in [1.82, 2.24) is 5.32 Å². The number of benzene rings is 1. The summed E-state index contributed by atoms with van der Waals surface area (Å²) >= 11 is 1.89. The van der Waals surface area contributed by atoms with Crippen molar-refractivity contribution in [2.24, 2.45) is 0 Å². The van der Waals surface area contributed by atoms with Gasteiger partial charge in [-0.05, 0) is 56.5 Å². The van der Waals surface area contributed by atoms with Crippen LogP contribution < -0.4 is 10.1 Å². The molecule has 1 heterocycles. The predicted octanol–water partition coefficient (Wildman–Crippen LogP) is 4.74. The molecule has 1 aromatic heterocycles. The van der Waals surface area contributed by atoms with Gasteiger partial charge in [0.1, 0.15) is 5.75 Å². The maximum absolute atomic E-state index is 5.23. The molecule has 0 aliphatic heterocycles. The molecule has 0 saturated carbocycles. The van der Waals surface area contributed by atoms with E-state index in [2.05, 4.69) is 50.4 Å². The minimum absolute atomic E-state index is 0.395. The topological polar surface area (TPSA) is 21.3 Å². The maximum atomic E-state index is 5.23. The molecule has 21 heavy (non-hydrogen) atoms. The van der Waals surface area contributed by atoms with Crippen LogP contribution in [0.2, 0.25) is 0 Å². The molecule has 2 nitrogen and oxygen atoms in total. The van der Waals surface area contributed by atoms with Gasteiger partial charge in [-0.2, -0.15) is 0 Å². The summed E-state index contributed by atoms with van der Waals surface area (Å²) in [5.74, 6) is 0.913. The smallest absolute Gasteiger partial charge is 0.118 e. The highest BCUT2D eigenvalue weighted by atomic mass is 32.1. The third-order valence-corrected chi connectivity index (χ3v) is 4.74. The molecular formula is C18H25NOS. The zero-order chi connectivity index (χ0) is 15.2. The van der Waals surface area contributed by atoms with E-state index in [1.54, 1.807) is 7.11 Å². The van der Waals surface area contributed by atoms with Crippen LogP contribution in [-0.2, 0) is 6.42 Å². The van der Waals surface area contributed by atoms with Crippen molar-refractivity contribution in [1.29, 1.82) is 0 Å². The van der Waals surface area contributed by atoms with Crippen molar-refractivity contribution in [3.05, 3.63) is 51.7 Å². The first kappa shape index (κ1) is 16.1. The molecule has 0 saturated heterocycles. The molecule has 3 heteroatoms. The second-order valence-electron chi connectivity index (χ2n) is 5.52. The standard InChI is InChI=1S/C18H25NOS/c1-5-18(15-7-9-16(20-4)10-8-15)19-13(2)12-17-11-6-14(3)21-17/h6-11,13,18-19H,5,12H2,1-4H3. The van der Waals surface area contributed by atoms with Gasteiger partial charge in [-0.1, -0.05) is 19.1 Å². The number of aryl methyl sites for hydroxylation is 1. The lowest BCUT2D eigenvalue weighted by Crippen LogP contribution is -2.31. The Morgan fingerprint density at radius 3 is 2.38 bits per heavy atom. The Kier molecular flexibility index (Phi) is 5.83. The Morgan fingerprint density at radius 2 is 1.86 bits per heavy atom. The van der Waals surface area contributed by atoms with Crippen LogP contribution in [0, 0.1) is 6.92 Å². The molecule has 0 radical (unpaired) electrons. The molecule has 0 aliphatic rings. The number of hydrogen-bond donors (Lipinski definition) is 1. The number of ether oxygens (including phenoxy) is 1. The molecule has 2 rings (SSSR count). The molecule has 114 valence electrons. The van der Waals surface area contributed by atoms with E-state index >= 15 is 0 Å². The summed E-state index contributed by atoms with van der Waals surface area (Å²) in [5, 5.41) is 3.74. The quantitative estimate of drug-likeness (QED) is 0.798. The highest BCUT2D eigenvalue weighted by molar-refractivity contribution is 7.11. The van der Waals surface area contributed by atoms with Crippen LogP contribution >= 0.6 is 11.3 Å². The lowest BCUT2D eigenvalue weighted by Gasteiger charge is -2.22. The van der Waals surface area contributed by atoms with E-state index in [4.69, 9.17) is 4.74 Å². The molecule has 0 aliphatic carbocycles. The van der Waals surface area contributed by atoms with Gasteiger partial charge in [-0.3, -0.25) is 0 Å². The SMILES string of the molecule is CCC(NC(C)Cc1ccc(C)s1)c1ccc(OC)cc1. The van der Waals surface area contributed by atoms with Gasteiger partial charge in [0.05, 0.1) is 7.11 Å². The molecule has 2 aromatic rings. The minimum atomic E-state index is 0.395. The zero-order valence-electron chi connectivity index (χ0n) is 13.3. The average molecular weight is 303 g/mol. The summed E-state index contributed by atoms with van der Waals surface area (Å²) < 4.78 is 5.23. The van der Waals surface area contributed by atoms with Crippen molar-refractivity contribution < 1.29 is 4.74 Å². The van der Waals surface area contributed by atoms with Gasteiger partial charge >= 0.3 is 0 Å². The maximum Gasteiger partial charge on any atom is 0.118 e. The normalized spacial score (nSPS) is 13.9. The molecule has 2 atom stereocenters. The number of methoxy groups -OCH3 is 1. The van der Waals surface area contributed by atoms with Gasteiger partial charge in [0, 0.05) is 21.8 Å². The predicted molar refractivity (Wildman–Crippen MR) is 91.4 cm³/mol. The van der Waals surface area contributed by atoms with Crippen molar-refractivity contribution in [3.8, 4) is 5.75 Å². The fourth-order valence-electron chi connectivity index (χ4n) is 2.58. The fourth-order valence-corrected chi connectivity index (χ4v) is 3.60. The van der Waals surface area contributed by atoms with E-state index in [0.717, 1.165) is 18.6 Å². The van der Waals surface area contributed by atoms with Crippen LogP contribution in [0.15, 0.2) is 36.4 Å². The van der Waals surface area contributed by atoms with E-state index in [9.17, 15) is 0 Å². The fraction of sp³-hybridized carbons (Fsp3) is 0.444. The third kappa shape index (κ3) is 4.58. The molecule has 0 fully saturated rings. The van der Waals surface area contributed by atoms with Crippen molar-refractivity contribution in [3.63, 3.8) is 0 Å². The summed E-state index contributed by atoms with van der Waals surface area (Å²) in [6.07, 6.45) is 2.17. The first-order valence-corrected chi connectivity index (χ1v) is 8.39. The molecule has 2 unspecified atom stereocenters. The summed E-state index contributed by atoms with van der Waals surface area (Å²) in [4.78, 5) is 2.84. The monoisotopic (exact) mass is 303 g/mol. The lowest BCUT2D eigenvalue weighted by atomic mass is 10.0. The number of thiophene rings is 1. The van der Waals surface area contributed by atoms with Crippen LogP contribution in [0.4, 0.5) is 0 Å². The third-order valence-electron chi connectivity index (χ3n) is 3.72. The Hall–Kier alpha value is -1.32. The van der Waals surface area contributed by atoms with Crippen LogP contribution in [0.25, 0.3) is 0 Å². The van der Waals surface area contributed by atoms with Crippen LogP contribution in [-0.4, -0.2) is 13.2 Å². The Balaban J connectivity index is 1.97. The highest BCUT2D eigenvalue weighted by Crippen LogP contribution is 2.22. The Morgan fingerprint density at radius 1 is 1.14 bits per heavy atom. The molecule has 0 amide bonds. The van der Waals surface area contributed by atoms with E-state index in [1.807, 2.05) is 23.5 Å². The minimum Gasteiger partial charge on any atom is -0.497 e. The summed E-state index contributed by atoms with van der Waals surface area (Å²) in [7, 11) is 1.70. The van der Waals surface area contributed by atoms with Crippen LogP contribution in [0.1, 0.15) is 41.6 Å². The lowest BCUT2D eigenvalue weighted by molar-refractivity contribution is 0.413. The number of nitrogens with one attached hydrogen (secondary N) is 1. The van der Waals surface area contributed by atoms with Crippen LogP contribution in [0.5, 0.6) is 5.75 Å². The Bertz CT molecular complexity index is 547. The van der Waals surface area contributed by atoms with Gasteiger partial charge in [-0.25, -0.2) is 0 Å². The van der Waals surface area contributed by atoms with Gasteiger partial charge in [0.25, 0.3) is 0 Å². The molecule has 0 spiro atoms. The first-order chi connectivity index (χ1) is 10.1. The van der Waals surface area contributed by atoms with E-state index < -0.39 is 0 Å². The zero-order valence-corrected chi connectivity index (χ0v) is 14.2. The van der Waals surface area contributed by atoms with Crippen molar-refractivity contribution >= 4 is 11.3 Å². The van der Waals surface area contributed by atoms with E-state index in [-0.39, 0.29) is 0 Å². The average Bonchev–Trinajstić information content (AvgIpc) is 2.90. The van der Waals surface area contributed by atoms with Crippen molar-refractivity contribution in [2.45, 2.75) is 45.7 Å². The van der Waals surface area contributed by atoms with Gasteiger partial charge < -0.3 is 10.1 Å². The second kappa shape index (κ2) is 7.62. The van der Waals surface area contributed by atoms with Crippen LogP contribution in [0.3, 0.4) is 0 Å². The summed E-state index contributed by atoms with van der Waals surface area (Å²) in [6.45, 7) is 6.66. The van der Waals surface area contributed by atoms with Crippen molar-refractivity contribution in [2.75, 3.05) is 7.11 Å².